The maximum atomic E-state index is 12.2. The number of carbonyl (C=O) groups is 2. The predicted molar refractivity (Wildman–Crippen MR) is 106 cm³/mol. The van der Waals surface area contributed by atoms with Gasteiger partial charge in [-0.25, -0.2) is 4.79 Å². The van der Waals surface area contributed by atoms with Crippen molar-refractivity contribution in [2.75, 3.05) is 6.61 Å². The fourth-order valence-electron chi connectivity index (χ4n) is 2.78. The summed E-state index contributed by atoms with van der Waals surface area (Å²) in [5.74, 6) is -0.965. The quantitative estimate of drug-likeness (QED) is 0.282. The van der Waals surface area contributed by atoms with E-state index in [0.717, 1.165) is 0 Å². The number of benzene rings is 2. The van der Waals surface area contributed by atoms with Crippen LogP contribution in [0.3, 0.4) is 0 Å². The van der Waals surface area contributed by atoms with Crippen molar-refractivity contribution in [2.45, 2.75) is 13.5 Å². The van der Waals surface area contributed by atoms with E-state index in [1.165, 1.54) is 24.3 Å². The lowest BCUT2D eigenvalue weighted by Gasteiger charge is -2.04. The zero-order chi connectivity index (χ0) is 20.8. The van der Waals surface area contributed by atoms with Crippen LogP contribution in [0.5, 0.6) is 0 Å². The maximum Gasteiger partial charge on any atom is 0.374 e. The molecule has 0 spiro atoms. The molecule has 0 aliphatic rings. The van der Waals surface area contributed by atoms with Crippen LogP contribution in [0.15, 0.2) is 59.0 Å². The van der Waals surface area contributed by atoms with Gasteiger partial charge in [0.25, 0.3) is 5.69 Å². The SMILES string of the molecule is CCOC(=O)c1oc2ccccc2c1CNC(=O)C=Cc1cccc([N+](=O)[O-])c1. The highest BCUT2D eigenvalue weighted by Gasteiger charge is 2.21. The van der Waals surface area contributed by atoms with E-state index < -0.39 is 16.8 Å². The Kier molecular flexibility index (Phi) is 6.03. The van der Waals surface area contributed by atoms with E-state index >= 15 is 0 Å². The van der Waals surface area contributed by atoms with Crippen LogP contribution < -0.4 is 5.32 Å². The van der Waals surface area contributed by atoms with Gasteiger partial charge < -0.3 is 14.5 Å². The smallest absolute Gasteiger partial charge is 0.374 e. The van der Waals surface area contributed by atoms with Crippen LogP contribution in [0.1, 0.15) is 28.6 Å². The van der Waals surface area contributed by atoms with Gasteiger partial charge in [0.2, 0.25) is 11.7 Å². The standard InChI is InChI=1S/C21H18N2O6/c1-2-28-21(25)20-17(16-8-3-4-9-18(16)29-20)13-22-19(24)11-10-14-6-5-7-15(12-14)23(26)27/h3-12H,2,13H2,1H3,(H,22,24). The number of nitro groups is 1. The van der Waals surface area contributed by atoms with Crippen molar-refractivity contribution >= 4 is 34.6 Å². The van der Waals surface area contributed by atoms with Crippen molar-refractivity contribution in [2.24, 2.45) is 0 Å². The molecule has 8 nitrogen and oxygen atoms in total. The molecule has 0 aliphatic heterocycles. The molecule has 8 heteroatoms. The number of rotatable bonds is 7. The number of nitro benzene ring substituents is 1. The third-order valence-electron chi connectivity index (χ3n) is 4.11. The zero-order valence-corrected chi connectivity index (χ0v) is 15.6. The maximum absolute atomic E-state index is 12.2. The molecule has 0 atom stereocenters. The molecular weight excluding hydrogens is 376 g/mol. The van der Waals surface area contributed by atoms with Crippen LogP contribution in [0.2, 0.25) is 0 Å². The summed E-state index contributed by atoms with van der Waals surface area (Å²) in [4.78, 5) is 34.7. The number of ether oxygens (including phenoxy) is 1. The second-order valence-electron chi connectivity index (χ2n) is 6.03. The van der Waals surface area contributed by atoms with Crippen LogP contribution in [-0.2, 0) is 16.1 Å². The summed E-state index contributed by atoms with van der Waals surface area (Å²) in [5.41, 5.74) is 1.51. The molecule has 0 aliphatic carbocycles. The summed E-state index contributed by atoms with van der Waals surface area (Å²) in [6, 6.07) is 13.0. The topological polar surface area (TPSA) is 112 Å². The van der Waals surface area contributed by atoms with Gasteiger partial charge >= 0.3 is 5.97 Å². The molecule has 29 heavy (non-hydrogen) atoms. The highest BCUT2D eigenvalue weighted by atomic mass is 16.6. The molecule has 0 saturated heterocycles. The molecule has 3 aromatic rings. The summed E-state index contributed by atoms with van der Waals surface area (Å²) in [6.07, 6.45) is 2.74. The Morgan fingerprint density at radius 3 is 2.76 bits per heavy atom. The number of nitrogens with zero attached hydrogens (tertiary/aromatic N) is 1. The summed E-state index contributed by atoms with van der Waals surface area (Å²) in [6.45, 7) is 1.96. The first kappa shape index (κ1) is 19.8. The Hall–Kier alpha value is -3.94. The summed E-state index contributed by atoms with van der Waals surface area (Å²) >= 11 is 0. The van der Waals surface area contributed by atoms with Gasteiger partial charge in [0.1, 0.15) is 5.58 Å². The molecule has 0 saturated carbocycles. The highest BCUT2D eigenvalue weighted by Crippen LogP contribution is 2.26. The summed E-state index contributed by atoms with van der Waals surface area (Å²) in [7, 11) is 0. The Bertz CT molecular complexity index is 1100. The summed E-state index contributed by atoms with van der Waals surface area (Å²) in [5, 5.41) is 14.2. The van der Waals surface area contributed by atoms with E-state index in [0.29, 0.717) is 22.1 Å². The number of fused-ring (bicyclic) bond motifs is 1. The first-order chi connectivity index (χ1) is 14.0. The highest BCUT2D eigenvalue weighted by molar-refractivity contribution is 5.97. The lowest BCUT2D eigenvalue weighted by molar-refractivity contribution is -0.384. The number of nitrogens with one attached hydrogen (secondary N) is 1. The van der Waals surface area contributed by atoms with Gasteiger partial charge in [-0.15, -0.1) is 0 Å². The van der Waals surface area contributed by atoms with Crippen molar-refractivity contribution in [3.05, 3.63) is 81.6 Å². The van der Waals surface area contributed by atoms with E-state index in [4.69, 9.17) is 9.15 Å². The third-order valence-corrected chi connectivity index (χ3v) is 4.11. The zero-order valence-electron chi connectivity index (χ0n) is 15.6. The van der Waals surface area contributed by atoms with Crippen LogP contribution in [0, 0.1) is 10.1 Å². The number of non-ortho nitro benzene ring substituents is 1. The van der Waals surface area contributed by atoms with Crippen LogP contribution in [0.25, 0.3) is 17.0 Å². The molecule has 1 heterocycles. The molecule has 1 amide bonds. The fourth-order valence-corrected chi connectivity index (χ4v) is 2.78. The van der Waals surface area contributed by atoms with Gasteiger partial charge in [0, 0.05) is 35.7 Å². The van der Waals surface area contributed by atoms with Crippen LogP contribution >= 0.6 is 0 Å². The van der Waals surface area contributed by atoms with Gasteiger partial charge in [-0.2, -0.15) is 0 Å². The van der Waals surface area contributed by atoms with Crippen molar-refractivity contribution in [3.8, 4) is 0 Å². The third kappa shape index (κ3) is 4.67. The number of hydrogen-bond donors (Lipinski definition) is 1. The van der Waals surface area contributed by atoms with Crippen molar-refractivity contribution in [3.63, 3.8) is 0 Å². The lowest BCUT2D eigenvalue weighted by Crippen LogP contribution is -2.21. The van der Waals surface area contributed by atoms with E-state index in [2.05, 4.69) is 5.32 Å². The Labute approximate surface area is 165 Å². The average molecular weight is 394 g/mol. The molecule has 0 bridgehead atoms. The minimum absolute atomic E-state index is 0.0519. The average Bonchev–Trinajstić information content (AvgIpc) is 3.10. The minimum atomic E-state index is -0.597. The number of hydrogen-bond acceptors (Lipinski definition) is 6. The molecule has 0 radical (unpaired) electrons. The van der Waals surface area contributed by atoms with Crippen molar-refractivity contribution < 1.29 is 23.7 Å². The normalized spacial score (nSPS) is 10.9. The van der Waals surface area contributed by atoms with Gasteiger partial charge in [-0.3, -0.25) is 14.9 Å². The van der Waals surface area contributed by atoms with Gasteiger partial charge in [0.15, 0.2) is 0 Å². The van der Waals surface area contributed by atoms with E-state index in [1.54, 1.807) is 43.3 Å². The van der Waals surface area contributed by atoms with Gasteiger partial charge in [0.05, 0.1) is 11.5 Å². The summed E-state index contributed by atoms with van der Waals surface area (Å²) < 4.78 is 10.6. The first-order valence-electron chi connectivity index (χ1n) is 8.87. The number of furan rings is 1. The van der Waals surface area contributed by atoms with E-state index in [9.17, 15) is 19.7 Å². The number of para-hydroxylation sites is 1. The Morgan fingerprint density at radius 1 is 1.21 bits per heavy atom. The molecule has 0 fully saturated rings. The lowest BCUT2D eigenvalue weighted by atomic mass is 10.1. The van der Waals surface area contributed by atoms with Gasteiger partial charge in [-0.05, 0) is 24.6 Å². The molecule has 1 N–H and O–H groups in total. The molecule has 3 rings (SSSR count). The minimum Gasteiger partial charge on any atom is -0.460 e. The van der Waals surface area contributed by atoms with Crippen LogP contribution in [-0.4, -0.2) is 23.4 Å². The fraction of sp³-hybridized carbons (Fsp3) is 0.143. The second kappa shape index (κ2) is 8.83. The molecule has 0 unspecified atom stereocenters. The van der Waals surface area contributed by atoms with E-state index in [1.807, 2.05) is 0 Å². The molecule has 1 aromatic heterocycles. The van der Waals surface area contributed by atoms with Crippen molar-refractivity contribution in [1.82, 2.24) is 5.32 Å². The molecule has 2 aromatic carbocycles. The number of esters is 1. The Morgan fingerprint density at radius 2 is 2.00 bits per heavy atom. The van der Waals surface area contributed by atoms with Crippen molar-refractivity contribution in [1.29, 1.82) is 0 Å². The largest absolute Gasteiger partial charge is 0.460 e. The predicted octanol–water partition coefficient (Wildman–Crippen LogP) is 3.85. The first-order valence-corrected chi connectivity index (χ1v) is 8.87. The monoisotopic (exact) mass is 394 g/mol. The van der Waals surface area contributed by atoms with Crippen LogP contribution in [0.4, 0.5) is 5.69 Å². The Balaban J connectivity index is 1.75. The van der Waals surface area contributed by atoms with Gasteiger partial charge in [-0.1, -0.05) is 30.3 Å². The number of carbonyl (C=O) groups excluding carboxylic acids is 2. The second-order valence-corrected chi connectivity index (χ2v) is 6.03. The molecule has 148 valence electrons. The molecular formula is C21H18N2O6. The van der Waals surface area contributed by atoms with E-state index in [-0.39, 0.29) is 24.6 Å². The number of amides is 1.